The molecule has 0 N–H and O–H groups in total. The van der Waals surface area contributed by atoms with Crippen molar-refractivity contribution in [3.05, 3.63) is 87.2 Å². The van der Waals surface area contributed by atoms with Crippen molar-refractivity contribution in [3.63, 3.8) is 0 Å². The molecule has 0 atom stereocenters. The molecule has 3 aromatic carbocycles. The first kappa shape index (κ1) is 21.5. The number of aryl methyl sites for hydroxylation is 1. The molecular weight excluding hydrogens is 432 g/mol. The normalized spacial score (nSPS) is 10.8. The SMILES string of the molecule is COc1cccc(OC)c1C(=O)Oc1ccc2oc(=O)c(-c3ccc(Cl)cc3)c(C)c2c1. The lowest BCUT2D eigenvalue weighted by atomic mass is 9.99. The molecule has 0 radical (unpaired) electrons. The third-order valence-corrected chi connectivity index (χ3v) is 5.36. The van der Waals surface area contributed by atoms with Crippen LogP contribution in [0.5, 0.6) is 17.2 Å². The van der Waals surface area contributed by atoms with Crippen molar-refractivity contribution in [2.75, 3.05) is 14.2 Å². The molecule has 7 heteroatoms. The number of carbonyl (C=O) groups is 1. The van der Waals surface area contributed by atoms with E-state index < -0.39 is 11.6 Å². The highest BCUT2D eigenvalue weighted by molar-refractivity contribution is 6.30. The van der Waals surface area contributed by atoms with Crippen LogP contribution >= 0.6 is 11.6 Å². The van der Waals surface area contributed by atoms with E-state index in [1.807, 2.05) is 6.92 Å². The van der Waals surface area contributed by atoms with Crippen molar-refractivity contribution in [2.45, 2.75) is 6.92 Å². The molecule has 0 bridgehead atoms. The molecule has 4 rings (SSSR count). The number of hydrogen-bond acceptors (Lipinski definition) is 6. The molecule has 0 aliphatic carbocycles. The molecule has 32 heavy (non-hydrogen) atoms. The van der Waals surface area contributed by atoms with Crippen LogP contribution < -0.4 is 19.8 Å². The van der Waals surface area contributed by atoms with E-state index in [1.54, 1.807) is 60.7 Å². The third-order valence-electron chi connectivity index (χ3n) is 5.11. The number of ether oxygens (including phenoxy) is 3. The number of rotatable bonds is 5. The Balaban J connectivity index is 1.77. The number of methoxy groups -OCH3 is 2. The zero-order valence-corrected chi connectivity index (χ0v) is 18.4. The molecule has 6 nitrogen and oxygen atoms in total. The summed E-state index contributed by atoms with van der Waals surface area (Å²) in [6.07, 6.45) is 0. The van der Waals surface area contributed by atoms with Crippen LogP contribution in [0.3, 0.4) is 0 Å². The van der Waals surface area contributed by atoms with Gasteiger partial charge >= 0.3 is 11.6 Å². The molecule has 0 amide bonds. The average Bonchev–Trinajstić information content (AvgIpc) is 2.80. The number of benzene rings is 3. The van der Waals surface area contributed by atoms with Gasteiger partial charge in [-0.05, 0) is 60.5 Å². The maximum atomic E-state index is 12.9. The van der Waals surface area contributed by atoms with Gasteiger partial charge in [-0.2, -0.15) is 0 Å². The van der Waals surface area contributed by atoms with Crippen molar-refractivity contribution in [1.29, 1.82) is 0 Å². The van der Waals surface area contributed by atoms with Gasteiger partial charge in [0.05, 0.1) is 19.8 Å². The summed E-state index contributed by atoms with van der Waals surface area (Å²) in [6.45, 7) is 1.82. The van der Waals surface area contributed by atoms with Gasteiger partial charge in [-0.1, -0.05) is 29.8 Å². The Morgan fingerprint density at radius 1 is 0.938 bits per heavy atom. The number of halogens is 1. The van der Waals surface area contributed by atoms with Crippen LogP contribution in [0, 0.1) is 6.92 Å². The minimum absolute atomic E-state index is 0.177. The first-order valence-corrected chi connectivity index (χ1v) is 10.1. The van der Waals surface area contributed by atoms with Gasteiger partial charge < -0.3 is 18.6 Å². The lowest BCUT2D eigenvalue weighted by molar-refractivity contribution is 0.0727. The molecule has 0 fully saturated rings. The fourth-order valence-electron chi connectivity index (χ4n) is 3.55. The molecule has 0 spiro atoms. The molecule has 4 aromatic rings. The van der Waals surface area contributed by atoms with Gasteiger partial charge in [-0.3, -0.25) is 0 Å². The second-order valence-corrected chi connectivity index (χ2v) is 7.42. The molecule has 1 aromatic heterocycles. The second kappa shape index (κ2) is 8.77. The predicted octanol–water partition coefficient (Wildman–Crippen LogP) is 5.66. The number of fused-ring (bicyclic) bond motifs is 1. The van der Waals surface area contributed by atoms with Crippen LogP contribution in [-0.4, -0.2) is 20.2 Å². The summed E-state index contributed by atoms with van der Waals surface area (Å²) in [5.74, 6) is 0.325. The molecule has 162 valence electrons. The Morgan fingerprint density at radius 3 is 2.22 bits per heavy atom. The van der Waals surface area contributed by atoms with E-state index >= 15 is 0 Å². The van der Waals surface area contributed by atoms with E-state index in [4.69, 9.17) is 30.2 Å². The minimum Gasteiger partial charge on any atom is -0.496 e. The van der Waals surface area contributed by atoms with Crippen LogP contribution in [-0.2, 0) is 0 Å². The fraction of sp³-hybridized carbons (Fsp3) is 0.120. The van der Waals surface area contributed by atoms with E-state index in [0.29, 0.717) is 44.2 Å². The maximum absolute atomic E-state index is 12.9. The summed E-state index contributed by atoms with van der Waals surface area (Å²) in [7, 11) is 2.93. The Bertz CT molecular complexity index is 1350. The minimum atomic E-state index is -0.633. The zero-order valence-electron chi connectivity index (χ0n) is 17.6. The fourth-order valence-corrected chi connectivity index (χ4v) is 3.68. The first-order chi connectivity index (χ1) is 15.4. The molecule has 0 saturated carbocycles. The Labute approximate surface area is 188 Å². The summed E-state index contributed by atoms with van der Waals surface area (Å²) >= 11 is 5.97. The largest absolute Gasteiger partial charge is 0.496 e. The van der Waals surface area contributed by atoms with Gasteiger partial charge in [-0.25, -0.2) is 9.59 Å². The van der Waals surface area contributed by atoms with Crippen molar-refractivity contribution in [3.8, 4) is 28.4 Å². The van der Waals surface area contributed by atoms with Crippen LogP contribution in [0.4, 0.5) is 0 Å². The highest BCUT2D eigenvalue weighted by Crippen LogP contribution is 2.32. The third kappa shape index (κ3) is 3.92. The molecule has 1 heterocycles. The van der Waals surface area contributed by atoms with E-state index in [1.165, 1.54) is 14.2 Å². The lowest BCUT2D eigenvalue weighted by Gasteiger charge is -2.13. The summed E-state index contributed by atoms with van der Waals surface area (Å²) in [5, 5.41) is 1.21. The molecule has 0 aliphatic rings. The van der Waals surface area contributed by atoms with E-state index in [2.05, 4.69) is 0 Å². The number of esters is 1. The van der Waals surface area contributed by atoms with Crippen LogP contribution in [0.2, 0.25) is 5.02 Å². The smallest absolute Gasteiger partial charge is 0.351 e. The van der Waals surface area contributed by atoms with Crippen molar-refractivity contribution >= 4 is 28.5 Å². The standard InChI is InChI=1S/C25H19ClO6/c1-14-18-13-17(31-25(28)23-20(29-2)5-4-6-21(23)30-3)11-12-19(18)32-24(27)22(14)15-7-9-16(26)10-8-15/h4-13H,1-3H3. The Hall–Kier alpha value is -3.77. The van der Waals surface area contributed by atoms with Gasteiger partial charge in [-0.15, -0.1) is 0 Å². The molecule has 0 aliphatic heterocycles. The molecule has 0 unspecified atom stereocenters. The number of hydrogen-bond donors (Lipinski definition) is 0. The quantitative estimate of drug-likeness (QED) is 0.222. The predicted molar refractivity (Wildman–Crippen MR) is 122 cm³/mol. The van der Waals surface area contributed by atoms with E-state index in [0.717, 1.165) is 0 Å². The van der Waals surface area contributed by atoms with Crippen molar-refractivity contribution < 1.29 is 23.4 Å². The van der Waals surface area contributed by atoms with Crippen LogP contribution in [0.15, 0.2) is 69.9 Å². The Morgan fingerprint density at radius 2 is 1.59 bits per heavy atom. The monoisotopic (exact) mass is 450 g/mol. The summed E-state index contributed by atoms with van der Waals surface area (Å²) in [6, 6.07) is 16.8. The first-order valence-electron chi connectivity index (χ1n) is 9.69. The summed E-state index contributed by atoms with van der Waals surface area (Å²) in [5.41, 5.74) is 1.91. The second-order valence-electron chi connectivity index (χ2n) is 6.98. The number of carbonyl (C=O) groups excluding carboxylic acids is 1. The van der Waals surface area contributed by atoms with Crippen molar-refractivity contribution in [2.24, 2.45) is 0 Å². The lowest BCUT2D eigenvalue weighted by Crippen LogP contribution is -2.12. The van der Waals surface area contributed by atoms with Gasteiger partial charge in [0.15, 0.2) is 0 Å². The summed E-state index contributed by atoms with van der Waals surface area (Å²) in [4.78, 5) is 25.5. The molecular formula is C25H19ClO6. The van der Waals surface area contributed by atoms with Crippen LogP contribution in [0.25, 0.3) is 22.1 Å². The zero-order chi connectivity index (χ0) is 22.8. The molecule has 0 saturated heterocycles. The van der Waals surface area contributed by atoms with Crippen LogP contribution in [0.1, 0.15) is 15.9 Å². The highest BCUT2D eigenvalue weighted by atomic mass is 35.5. The Kier molecular flexibility index (Phi) is 5.88. The maximum Gasteiger partial charge on any atom is 0.351 e. The van der Waals surface area contributed by atoms with Gasteiger partial charge in [0.25, 0.3) is 0 Å². The van der Waals surface area contributed by atoms with Crippen molar-refractivity contribution in [1.82, 2.24) is 0 Å². The van der Waals surface area contributed by atoms with Gasteiger partial charge in [0, 0.05) is 10.4 Å². The highest BCUT2D eigenvalue weighted by Gasteiger charge is 2.21. The van der Waals surface area contributed by atoms with Gasteiger partial charge in [0.1, 0.15) is 28.4 Å². The summed E-state index contributed by atoms with van der Waals surface area (Å²) < 4.78 is 21.7. The topological polar surface area (TPSA) is 75.0 Å². The average molecular weight is 451 g/mol. The van der Waals surface area contributed by atoms with E-state index in [-0.39, 0.29) is 11.3 Å². The van der Waals surface area contributed by atoms with Gasteiger partial charge in [0.2, 0.25) is 0 Å². The van der Waals surface area contributed by atoms with E-state index in [9.17, 15) is 9.59 Å².